The summed E-state index contributed by atoms with van der Waals surface area (Å²) in [5, 5.41) is 11.6. The van der Waals surface area contributed by atoms with Crippen LogP contribution < -0.4 is 5.32 Å². The summed E-state index contributed by atoms with van der Waals surface area (Å²) in [4.78, 5) is 44.0. The fourth-order valence-electron chi connectivity index (χ4n) is 1.94. The van der Waals surface area contributed by atoms with Crippen molar-refractivity contribution in [3.63, 3.8) is 0 Å². The fourth-order valence-corrected chi connectivity index (χ4v) is 1.94. The van der Waals surface area contributed by atoms with E-state index in [1.54, 1.807) is 38.4 Å². The van der Waals surface area contributed by atoms with Crippen LogP contribution in [0.4, 0.5) is 5.69 Å². The van der Waals surface area contributed by atoms with E-state index in [1.807, 2.05) is 0 Å². The first-order valence-electron chi connectivity index (χ1n) is 7.03. The number of nitrogens with one attached hydrogen (secondary N) is 1. The van der Waals surface area contributed by atoms with Gasteiger partial charge in [0.25, 0.3) is 5.91 Å². The SMILES string of the molecule is CN(C)C(=O)Cc1cccc(NC(=O)c2nccnc2C(=O)O)c1. The molecule has 0 unspecified atom stereocenters. The van der Waals surface area contributed by atoms with E-state index in [4.69, 9.17) is 5.11 Å². The van der Waals surface area contributed by atoms with E-state index in [0.29, 0.717) is 5.69 Å². The third kappa shape index (κ3) is 4.13. The zero-order valence-corrected chi connectivity index (χ0v) is 13.2. The minimum Gasteiger partial charge on any atom is -0.476 e. The second-order valence-electron chi connectivity index (χ2n) is 5.18. The highest BCUT2D eigenvalue weighted by molar-refractivity contribution is 6.08. The molecule has 24 heavy (non-hydrogen) atoms. The van der Waals surface area contributed by atoms with Crippen molar-refractivity contribution in [3.05, 3.63) is 53.6 Å². The van der Waals surface area contributed by atoms with E-state index >= 15 is 0 Å². The number of carbonyl (C=O) groups excluding carboxylic acids is 2. The van der Waals surface area contributed by atoms with E-state index in [1.165, 1.54) is 17.3 Å². The summed E-state index contributed by atoms with van der Waals surface area (Å²) in [5.74, 6) is -2.09. The molecule has 2 N–H and O–H groups in total. The minimum atomic E-state index is -1.33. The van der Waals surface area contributed by atoms with Crippen molar-refractivity contribution in [2.24, 2.45) is 0 Å². The van der Waals surface area contributed by atoms with Crippen LogP contribution in [0, 0.1) is 0 Å². The van der Waals surface area contributed by atoms with Crippen LogP contribution in [0.15, 0.2) is 36.7 Å². The average molecular weight is 328 g/mol. The van der Waals surface area contributed by atoms with Gasteiger partial charge in [-0.2, -0.15) is 0 Å². The Bertz CT molecular complexity index is 789. The van der Waals surface area contributed by atoms with E-state index in [0.717, 1.165) is 5.56 Å². The molecular formula is C16H16N4O4. The minimum absolute atomic E-state index is 0.0689. The van der Waals surface area contributed by atoms with Crippen LogP contribution in [-0.4, -0.2) is 51.9 Å². The molecule has 2 rings (SSSR count). The summed E-state index contributed by atoms with van der Waals surface area (Å²) in [5.41, 5.74) is 0.462. The lowest BCUT2D eigenvalue weighted by Gasteiger charge is -2.11. The topological polar surface area (TPSA) is 112 Å². The predicted molar refractivity (Wildman–Crippen MR) is 85.8 cm³/mol. The molecule has 0 saturated carbocycles. The van der Waals surface area contributed by atoms with Crippen molar-refractivity contribution in [1.82, 2.24) is 14.9 Å². The van der Waals surface area contributed by atoms with Gasteiger partial charge in [0, 0.05) is 32.2 Å². The third-order valence-electron chi connectivity index (χ3n) is 3.15. The number of carboxylic acid groups (broad SMARTS) is 1. The van der Waals surface area contributed by atoms with Gasteiger partial charge in [-0.05, 0) is 17.7 Å². The van der Waals surface area contributed by atoms with Gasteiger partial charge in [-0.3, -0.25) is 9.59 Å². The molecule has 2 aromatic rings. The number of amides is 2. The molecule has 8 heteroatoms. The highest BCUT2D eigenvalue weighted by Gasteiger charge is 2.19. The number of hydrogen-bond donors (Lipinski definition) is 2. The van der Waals surface area contributed by atoms with E-state index in [2.05, 4.69) is 15.3 Å². The number of rotatable bonds is 5. The molecular weight excluding hydrogens is 312 g/mol. The summed E-state index contributed by atoms with van der Waals surface area (Å²) < 4.78 is 0. The number of carbonyl (C=O) groups is 3. The molecule has 2 amide bonds. The van der Waals surface area contributed by atoms with Gasteiger partial charge in [0.2, 0.25) is 5.91 Å². The summed E-state index contributed by atoms with van der Waals surface area (Å²) in [7, 11) is 3.32. The first-order chi connectivity index (χ1) is 11.4. The van der Waals surface area contributed by atoms with Crippen LogP contribution >= 0.6 is 0 Å². The van der Waals surface area contributed by atoms with Crippen molar-refractivity contribution in [1.29, 1.82) is 0 Å². The maximum absolute atomic E-state index is 12.2. The summed E-state index contributed by atoms with van der Waals surface area (Å²) in [6.07, 6.45) is 2.64. The maximum Gasteiger partial charge on any atom is 0.356 e. The van der Waals surface area contributed by atoms with Gasteiger partial charge in [-0.1, -0.05) is 12.1 Å². The molecule has 1 aromatic heterocycles. The van der Waals surface area contributed by atoms with Gasteiger partial charge >= 0.3 is 5.97 Å². The zero-order chi connectivity index (χ0) is 17.7. The number of benzene rings is 1. The molecule has 0 fully saturated rings. The molecule has 124 valence electrons. The van der Waals surface area contributed by atoms with Crippen LogP contribution in [0.25, 0.3) is 0 Å². The standard InChI is InChI=1S/C16H16N4O4/c1-20(2)12(21)9-10-4-3-5-11(8-10)19-15(22)13-14(16(23)24)18-7-6-17-13/h3-8H,9H2,1-2H3,(H,19,22)(H,23,24). The van der Waals surface area contributed by atoms with Crippen molar-refractivity contribution in [2.75, 3.05) is 19.4 Å². The molecule has 0 bridgehead atoms. The fraction of sp³-hybridized carbons (Fsp3) is 0.188. The monoisotopic (exact) mass is 328 g/mol. The van der Waals surface area contributed by atoms with Crippen LogP contribution in [-0.2, 0) is 11.2 Å². The van der Waals surface area contributed by atoms with Crippen LogP contribution in [0.5, 0.6) is 0 Å². The van der Waals surface area contributed by atoms with Crippen LogP contribution in [0.1, 0.15) is 26.5 Å². The van der Waals surface area contributed by atoms with E-state index < -0.39 is 17.6 Å². The molecule has 0 atom stereocenters. The Morgan fingerprint density at radius 1 is 1.12 bits per heavy atom. The lowest BCUT2D eigenvalue weighted by Crippen LogP contribution is -2.23. The molecule has 1 heterocycles. The maximum atomic E-state index is 12.2. The number of hydrogen-bond acceptors (Lipinski definition) is 5. The van der Waals surface area contributed by atoms with Crippen molar-refractivity contribution in [3.8, 4) is 0 Å². The van der Waals surface area contributed by atoms with Gasteiger partial charge in [-0.15, -0.1) is 0 Å². The first-order valence-corrected chi connectivity index (χ1v) is 7.03. The molecule has 0 spiro atoms. The second kappa shape index (κ2) is 7.32. The Labute approximate surface area is 138 Å². The van der Waals surface area contributed by atoms with Gasteiger partial charge in [0.15, 0.2) is 11.4 Å². The molecule has 1 aromatic carbocycles. The van der Waals surface area contributed by atoms with Crippen molar-refractivity contribution >= 4 is 23.5 Å². The molecule has 0 aliphatic heterocycles. The number of likely N-dealkylation sites (N-methyl/N-ethyl adjacent to an activating group) is 1. The Morgan fingerprint density at radius 2 is 1.79 bits per heavy atom. The summed E-state index contributed by atoms with van der Waals surface area (Å²) in [6, 6.07) is 6.75. The molecule has 0 aliphatic carbocycles. The van der Waals surface area contributed by atoms with E-state index in [9.17, 15) is 14.4 Å². The zero-order valence-electron chi connectivity index (χ0n) is 13.2. The number of aromatic carboxylic acids is 1. The molecule has 0 aliphatic rings. The number of carboxylic acids is 1. The largest absolute Gasteiger partial charge is 0.476 e. The van der Waals surface area contributed by atoms with Gasteiger partial charge in [-0.25, -0.2) is 14.8 Å². The quantitative estimate of drug-likeness (QED) is 0.848. The summed E-state index contributed by atoms with van der Waals surface area (Å²) in [6.45, 7) is 0. The van der Waals surface area contributed by atoms with Crippen LogP contribution in [0.2, 0.25) is 0 Å². The first kappa shape index (κ1) is 17.1. The lowest BCUT2D eigenvalue weighted by molar-refractivity contribution is -0.127. The van der Waals surface area contributed by atoms with E-state index in [-0.39, 0.29) is 18.0 Å². The normalized spacial score (nSPS) is 10.1. The van der Waals surface area contributed by atoms with Crippen molar-refractivity contribution in [2.45, 2.75) is 6.42 Å². The Balaban J connectivity index is 2.18. The predicted octanol–water partition coefficient (Wildman–Crippen LogP) is 1.06. The average Bonchev–Trinajstić information content (AvgIpc) is 2.55. The number of aromatic nitrogens is 2. The number of anilines is 1. The second-order valence-corrected chi connectivity index (χ2v) is 5.18. The molecule has 8 nitrogen and oxygen atoms in total. The molecule has 0 saturated heterocycles. The highest BCUT2D eigenvalue weighted by atomic mass is 16.4. The van der Waals surface area contributed by atoms with Gasteiger partial charge in [0.05, 0.1) is 6.42 Å². The van der Waals surface area contributed by atoms with Crippen LogP contribution in [0.3, 0.4) is 0 Å². The third-order valence-corrected chi connectivity index (χ3v) is 3.15. The van der Waals surface area contributed by atoms with Crippen molar-refractivity contribution < 1.29 is 19.5 Å². The summed E-state index contributed by atoms with van der Waals surface area (Å²) >= 11 is 0. The smallest absolute Gasteiger partial charge is 0.356 e. The Morgan fingerprint density at radius 3 is 2.42 bits per heavy atom. The van der Waals surface area contributed by atoms with Gasteiger partial charge in [0.1, 0.15) is 0 Å². The molecule has 0 radical (unpaired) electrons. The van der Waals surface area contributed by atoms with Gasteiger partial charge < -0.3 is 15.3 Å². The highest BCUT2D eigenvalue weighted by Crippen LogP contribution is 2.14. The Kier molecular flexibility index (Phi) is 5.20. The Hall–Kier alpha value is -3.29. The number of nitrogens with zero attached hydrogens (tertiary/aromatic N) is 3. The lowest BCUT2D eigenvalue weighted by atomic mass is 10.1.